The molecule has 0 saturated heterocycles. The van der Waals surface area contributed by atoms with Crippen LogP contribution in [-0.4, -0.2) is 10.9 Å². The Morgan fingerprint density at radius 3 is 2.30 bits per heavy atom. The molecule has 0 bridgehead atoms. The average Bonchev–Trinajstić information content (AvgIpc) is 2.47. The number of phenols is 1. The number of hydrogen-bond donors (Lipinski definition) is 1. The van der Waals surface area contributed by atoms with Crippen LogP contribution in [0.2, 0.25) is 5.02 Å². The van der Waals surface area contributed by atoms with Gasteiger partial charge in [0.25, 0.3) is 0 Å². The SMILES string of the molecule is CCc1cc(CC)c(O)c(C(=O)c2ccc(Cl)cc2)c1. The lowest BCUT2D eigenvalue weighted by Gasteiger charge is -2.11. The number of carbonyl (C=O) groups is 1. The lowest BCUT2D eigenvalue weighted by molar-refractivity contribution is 0.103. The first-order valence-corrected chi connectivity index (χ1v) is 7.09. The first-order valence-electron chi connectivity index (χ1n) is 6.71. The Morgan fingerprint density at radius 2 is 1.75 bits per heavy atom. The molecule has 0 atom stereocenters. The molecular weight excluding hydrogens is 272 g/mol. The van der Waals surface area contributed by atoms with Crippen LogP contribution >= 0.6 is 11.6 Å². The van der Waals surface area contributed by atoms with Crippen molar-refractivity contribution in [1.82, 2.24) is 0 Å². The van der Waals surface area contributed by atoms with E-state index in [1.165, 1.54) is 0 Å². The Bertz CT molecular complexity index is 630. The van der Waals surface area contributed by atoms with Gasteiger partial charge in [0.1, 0.15) is 5.75 Å². The summed E-state index contributed by atoms with van der Waals surface area (Å²) in [5.41, 5.74) is 2.75. The third kappa shape index (κ3) is 2.86. The number of rotatable bonds is 4. The highest BCUT2D eigenvalue weighted by molar-refractivity contribution is 6.30. The molecule has 104 valence electrons. The molecule has 3 heteroatoms. The molecule has 0 saturated carbocycles. The van der Waals surface area contributed by atoms with Crippen molar-refractivity contribution < 1.29 is 9.90 Å². The number of hydrogen-bond acceptors (Lipinski definition) is 2. The fourth-order valence-corrected chi connectivity index (χ4v) is 2.29. The minimum atomic E-state index is -0.177. The molecule has 0 aliphatic rings. The average molecular weight is 289 g/mol. The van der Waals surface area contributed by atoms with Gasteiger partial charge in [-0.25, -0.2) is 0 Å². The van der Waals surface area contributed by atoms with Crippen LogP contribution in [0, 0.1) is 0 Å². The topological polar surface area (TPSA) is 37.3 Å². The summed E-state index contributed by atoms with van der Waals surface area (Å²) in [6.45, 7) is 3.99. The number of halogens is 1. The Hall–Kier alpha value is -1.80. The molecule has 0 radical (unpaired) electrons. The van der Waals surface area contributed by atoms with E-state index in [9.17, 15) is 9.90 Å². The van der Waals surface area contributed by atoms with Gasteiger partial charge in [-0.1, -0.05) is 31.5 Å². The van der Waals surface area contributed by atoms with E-state index >= 15 is 0 Å². The minimum Gasteiger partial charge on any atom is -0.507 e. The number of aromatic hydroxyl groups is 1. The largest absolute Gasteiger partial charge is 0.507 e. The molecular formula is C17H17ClO2. The van der Waals surface area contributed by atoms with Crippen molar-refractivity contribution in [1.29, 1.82) is 0 Å². The predicted octanol–water partition coefficient (Wildman–Crippen LogP) is 4.40. The zero-order valence-corrected chi connectivity index (χ0v) is 12.4. The quantitative estimate of drug-likeness (QED) is 0.847. The van der Waals surface area contributed by atoms with Gasteiger partial charge in [-0.2, -0.15) is 0 Å². The van der Waals surface area contributed by atoms with Crippen LogP contribution in [0.25, 0.3) is 0 Å². The van der Waals surface area contributed by atoms with Crippen molar-refractivity contribution in [3.05, 3.63) is 63.7 Å². The van der Waals surface area contributed by atoms with Crippen molar-refractivity contribution in [3.8, 4) is 5.75 Å². The molecule has 2 nitrogen and oxygen atoms in total. The third-order valence-electron chi connectivity index (χ3n) is 3.39. The van der Waals surface area contributed by atoms with E-state index in [0.29, 0.717) is 22.6 Å². The highest BCUT2D eigenvalue weighted by Gasteiger charge is 2.17. The van der Waals surface area contributed by atoms with Crippen LogP contribution in [0.3, 0.4) is 0 Å². The summed E-state index contributed by atoms with van der Waals surface area (Å²) in [6.07, 6.45) is 1.52. The number of benzene rings is 2. The first-order chi connectivity index (χ1) is 9.56. The molecule has 0 unspecified atom stereocenters. The third-order valence-corrected chi connectivity index (χ3v) is 3.64. The van der Waals surface area contributed by atoms with Gasteiger partial charge >= 0.3 is 0 Å². The Labute approximate surface area is 124 Å². The van der Waals surface area contributed by atoms with Gasteiger partial charge in [0, 0.05) is 10.6 Å². The minimum absolute atomic E-state index is 0.0876. The summed E-state index contributed by atoms with van der Waals surface area (Å²) < 4.78 is 0. The van der Waals surface area contributed by atoms with Gasteiger partial charge < -0.3 is 5.11 Å². The lowest BCUT2D eigenvalue weighted by atomic mass is 9.95. The Kier molecular flexibility index (Phi) is 4.46. The van der Waals surface area contributed by atoms with Crippen LogP contribution in [0.5, 0.6) is 5.75 Å². The number of aryl methyl sites for hydroxylation is 2. The standard InChI is InChI=1S/C17H17ClO2/c1-3-11-9-12(4-2)16(19)15(10-11)17(20)13-5-7-14(18)8-6-13/h5-10,19H,3-4H2,1-2H3. The van der Waals surface area contributed by atoms with Gasteiger partial charge in [-0.05, 0) is 54.3 Å². The molecule has 0 aliphatic carbocycles. The second kappa shape index (κ2) is 6.10. The summed E-state index contributed by atoms with van der Waals surface area (Å²) >= 11 is 5.83. The molecule has 0 aromatic heterocycles. The molecule has 0 heterocycles. The maximum Gasteiger partial charge on any atom is 0.196 e. The molecule has 0 fully saturated rings. The van der Waals surface area contributed by atoms with Gasteiger partial charge in [-0.15, -0.1) is 0 Å². The highest BCUT2D eigenvalue weighted by atomic mass is 35.5. The summed E-state index contributed by atoms with van der Waals surface area (Å²) in [6, 6.07) is 10.4. The zero-order chi connectivity index (χ0) is 14.7. The lowest BCUT2D eigenvalue weighted by Crippen LogP contribution is -2.04. The van der Waals surface area contributed by atoms with Crippen molar-refractivity contribution in [2.75, 3.05) is 0 Å². The molecule has 2 rings (SSSR count). The first kappa shape index (κ1) is 14.6. The predicted molar refractivity (Wildman–Crippen MR) is 81.7 cm³/mol. The molecule has 0 aliphatic heterocycles. The number of ketones is 1. The Balaban J connectivity index is 2.50. The fourth-order valence-electron chi connectivity index (χ4n) is 2.16. The van der Waals surface area contributed by atoms with E-state index in [4.69, 9.17) is 11.6 Å². The van der Waals surface area contributed by atoms with E-state index in [0.717, 1.165) is 17.5 Å². The van der Waals surface area contributed by atoms with Gasteiger partial charge in [0.2, 0.25) is 0 Å². The summed E-state index contributed by atoms with van der Waals surface area (Å²) in [7, 11) is 0. The van der Waals surface area contributed by atoms with E-state index < -0.39 is 0 Å². The van der Waals surface area contributed by atoms with Crippen molar-refractivity contribution in [2.45, 2.75) is 26.7 Å². The maximum absolute atomic E-state index is 12.5. The smallest absolute Gasteiger partial charge is 0.196 e. The van der Waals surface area contributed by atoms with Crippen LogP contribution in [0.4, 0.5) is 0 Å². The second-order valence-electron chi connectivity index (χ2n) is 4.69. The number of carbonyl (C=O) groups excluding carboxylic acids is 1. The van der Waals surface area contributed by atoms with Crippen molar-refractivity contribution >= 4 is 17.4 Å². The van der Waals surface area contributed by atoms with Crippen LogP contribution in [-0.2, 0) is 12.8 Å². The second-order valence-corrected chi connectivity index (χ2v) is 5.13. The van der Waals surface area contributed by atoms with E-state index in [1.807, 2.05) is 19.9 Å². The van der Waals surface area contributed by atoms with E-state index in [2.05, 4.69) is 0 Å². The zero-order valence-electron chi connectivity index (χ0n) is 11.6. The van der Waals surface area contributed by atoms with Crippen LogP contribution in [0.1, 0.15) is 40.9 Å². The molecule has 0 spiro atoms. The summed E-state index contributed by atoms with van der Waals surface area (Å²) in [5.74, 6) is -0.0891. The van der Waals surface area contributed by atoms with Gasteiger partial charge in [0.05, 0.1) is 5.56 Å². The number of phenolic OH excluding ortho intramolecular Hbond substituents is 1. The normalized spacial score (nSPS) is 10.6. The van der Waals surface area contributed by atoms with E-state index in [1.54, 1.807) is 30.3 Å². The molecule has 1 N–H and O–H groups in total. The molecule has 2 aromatic rings. The highest BCUT2D eigenvalue weighted by Crippen LogP contribution is 2.28. The fraction of sp³-hybridized carbons (Fsp3) is 0.235. The summed E-state index contributed by atoms with van der Waals surface area (Å²) in [5, 5.41) is 10.8. The molecule has 2 aromatic carbocycles. The monoisotopic (exact) mass is 288 g/mol. The maximum atomic E-state index is 12.5. The summed E-state index contributed by atoms with van der Waals surface area (Å²) in [4.78, 5) is 12.5. The molecule has 0 amide bonds. The van der Waals surface area contributed by atoms with Gasteiger partial charge in [-0.3, -0.25) is 4.79 Å². The molecule has 20 heavy (non-hydrogen) atoms. The van der Waals surface area contributed by atoms with Crippen molar-refractivity contribution in [2.24, 2.45) is 0 Å². The Morgan fingerprint density at radius 1 is 1.10 bits per heavy atom. The van der Waals surface area contributed by atoms with Crippen LogP contribution < -0.4 is 0 Å². The van der Waals surface area contributed by atoms with Crippen LogP contribution in [0.15, 0.2) is 36.4 Å². The van der Waals surface area contributed by atoms with E-state index in [-0.39, 0.29) is 11.5 Å². The van der Waals surface area contributed by atoms with Crippen molar-refractivity contribution in [3.63, 3.8) is 0 Å². The van der Waals surface area contributed by atoms with Gasteiger partial charge in [0.15, 0.2) is 5.78 Å².